The molecule has 1 N–H and O–H groups in total. The van der Waals surface area contributed by atoms with Gasteiger partial charge in [0.2, 0.25) is 5.91 Å². The molecule has 0 unspecified atom stereocenters. The number of unbranched alkanes of at least 4 members (excludes halogenated alkanes) is 3. The van der Waals surface area contributed by atoms with E-state index >= 15 is 0 Å². The molecule has 1 aliphatic heterocycles. The summed E-state index contributed by atoms with van der Waals surface area (Å²) >= 11 is 0. The van der Waals surface area contributed by atoms with Gasteiger partial charge in [0.1, 0.15) is 0 Å². The summed E-state index contributed by atoms with van der Waals surface area (Å²) in [4.78, 5) is 25.0. The van der Waals surface area contributed by atoms with Crippen LogP contribution >= 0.6 is 12.4 Å². The number of hydrogen-bond acceptors (Lipinski definition) is 4. The summed E-state index contributed by atoms with van der Waals surface area (Å²) in [5.41, 5.74) is 0.0222. The maximum atomic E-state index is 12.1. The van der Waals surface area contributed by atoms with Crippen LogP contribution in [-0.2, 0) is 14.3 Å². The molecule has 1 heterocycles. The highest BCUT2D eigenvalue weighted by atomic mass is 35.5. The summed E-state index contributed by atoms with van der Waals surface area (Å²) in [5, 5.41) is 3.41. The molecule has 0 spiro atoms. The van der Waals surface area contributed by atoms with Gasteiger partial charge in [-0.05, 0) is 26.7 Å². The lowest BCUT2D eigenvalue weighted by Gasteiger charge is -2.39. The van der Waals surface area contributed by atoms with Crippen molar-refractivity contribution in [3.63, 3.8) is 0 Å². The fourth-order valence-corrected chi connectivity index (χ4v) is 2.51. The third-order valence-electron chi connectivity index (χ3n) is 3.67. The van der Waals surface area contributed by atoms with Crippen LogP contribution in [0.1, 0.15) is 52.4 Å². The van der Waals surface area contributed by atoms with E-state index < -0.39 is 0 Å². The molecule has 1 rings (SSSR count). The van der Waals surface area contributed by atoms with Crippen molar-refractivity contribution in [2.24, 2.45) is 0 Å². The minimum atomic E-state index is -0.149. The van der Waals surface area contributed by atoms with Gasteiger partial charge in [0.05, 0.1) is 7.11 Å². The molecule has 1 aliphatic rings. The largest absolute Gasteiger partial charge is 0.469 e. The van der Waals surface area contributed by atoms with Crippen LogP contribution in [0.4, 0.5) is 0 Å². The van der Waals surface area contributed by atoms with Crippen molar-refractivity contribution < 1.29 is 14.3 Å². The number of carbonyl (C=O) groups is 2. The number of carbonyl (C=O) groups excluding carboxylic acids is 2. The zero-order chi connectivity index (χ0) is 15.0. The summed E-state index contributed by atoms with van der Waals surface area (Å²) in [5.74, 6) is 0.108. The lowest BCUT2D eigenvalue weighted by molar-refractivity contribution is -0.140. The molecule has 0 aromatic rings. The topological polar surface area (TPSA) is 58.6 Å². The van der Waals surface area contributed by atoms with Crippen molar-refractivity contribution in [1.29, 1.82) is 0 Å². The third-order valence-corrected chi connectivity index (χ3v) is 3.67. The van der Waals surface area contributed by atoms with E-state index in [4.69, 9.17) is 0 Å². The van der Waals surface area contributed by atoms with E-state index in [1.807, 2.05) is 4.90 Å². The Morgan fingerprint density at radius 2 is 1.76 bits per heavy atom. The van der Waals surface area contributed by atoms with Crippen LogP contribution in [0.5, 0.6) is 0 Å². The van der Waals surface area contributed by atoms with Crippen molar-refractivity contribution in [2.45, 2.75) is 57.9 Å². The van der Waals surface area contributed by atoms with Gasteiger partial charge >= 0.3 is 5.97 Å². The van der Waals surface area contributed by atoms with E-state index in [9.17, 15) is 9.59 Å². The minimum Gasteiger partial charge on any atom is -0.469 e. The first-order valence-corrected chi connectivity index (χ1v) is 7.54. The highest BCUT2D eigenvalue weighted by Gasteiger charge is 2.27. The summed E-state index contributed by atoms with van der Waals surface area (Å²) in [7, 11) is 1.41. The molecule has 0 saturated carbocycles. The van der Waals surface area contributed by atoms with Gasteiger partial charge in [-0.1, -0.05) is 12.8 Å². The summed E-state index contributed by atoms with van der Waals surface area (Å²) in [6.07, 6.45) is 4.84. The molecule has 0 aromatic heterocycles. The molecule has 0 bridgehead atoms. The molecule has 0 atom stereocenters. The molecule has 0 radical (unpaired) electrons. The van der Waals surface area contributed by atoms with Gasteiger partial charge in [-0.25, -0.2) is 0 Å². The molecule has 1 saturated heterocycles. The first-order chi connectivity index (χ1) is 9.44. The zero-order valence-electron chi connectivity index (χ0n) is 13.4. The number of nitrogens with zero attached hydrogens (tertiary/aromatic N) is 1. The number of halogens is 1. The molecule has 1 amide bonds. The van der Waals surface area contributed by atoms with Gasteiger partial charge in [0, 0.05) is 38.0 Å². The lowest BCUT2D eigenvalue weighted by atomic mass is 10.0. The van der Waals surface area contributed by atoms with Gasteiger partial charge < -0.3 is 15.0 Å². The molecule has 5 nitrogen and oxygen atoms in total. The zero-order valence-corrected chi connectivity index (χ0v) is 14.3. The smallest absolute Gasteiger partial charge is 0.305 e. The van der Waals surface area contributed by atoms with Crippen LogP contribution in [0.25, 0.3) is 0 Å². The highest BCUT2D eigenvalue weighted by Crippen LogP contribution is 2.13. The number of piperazine rings is 1. The summed E-state index contributed by atoms with van der Waals surface area (Å²) in [6.45, 7) is 6.72. The van der Waals surface area contributed by atoms with Crippen molar-refractivity contribution in [3.05, 3.63) is 0 Å². The Balaban J connectivity index is 0.00000400. The SMILES string of the molecule is COC(=O)CCCCCCC(=O)N1CCNC(C)(C)C1.Cl. The number of hydrogen-bond donors (Lipinski definition) is 1. The van der Waals surface area contributed by atoms with Crippen LogP contribution < -0.4 is 5.32 Å². The van der Waals surface area contributed by atoms with Gasteiger partial charge in [0.15, 0.2) is 0 Å². The van der Waals surface area contributed by atoms with Crippen molar-refractivity contribution >= 4 is 24.3 Å². The van der Waals surface area contributed by atoms with E-state index in [-0.39, 0.29) is 29.8 Å². The molecule has 0 aromatic carbocycles. The van der Waals surface area contributed by atoms with Crippen molar-refractivity contribution in [2.75, 3.05) is 26.7 Å². The first kappa shape index (κ1) is 20.2. The second kappa shape index (κ2) is 10.0. The second-order valence-electron chi connectivity index (χ2n) is 6.12. The van der Waals surface area contributed by atoms with Gasteiger partial charge in [-0.3, -0.25) is 9.59 Å². The second-order valence-corrected chi connectivity index (χ2v) is 6.12. The Bertz CT molecular complexity index is 335. The Morgan fingerprint density at radius 3 is 2.33 bits per heavy atom. The van der Waals surface area contributed by atoms with E-state index in [0.29, 0.717) is 12.8 Å². The molecule has 0 aliphatic carbocycles. The van der Waals surface area contributed by atoms with Crippen LogP contribution in [-0.4, -0.2) is 49.1 Å². The van der Waals surface area contributed by atoms with E-state index in [2.05, 4.69) is 23.9 Å². The number of ether oxygens (including phenoxy) is 1. The van der Waals surface area contributed by atoms with Crippen LogP contribution in [0, 0.1) is 0 Å². The molecule has 21 heavy (non-hydrogen) atoms. The minimum absolute atomic E-state index is 0. The van der Waals surface area contributed by atoms with E-state index in [0.717, 1.165) is 45.3 Å². The quantitative estimate of drug-likeness (QED) is 0.576. The van der Waals surface area contributed by atoms with Crippen LogP contribution in [0.15, 0.2) is 0 Å². The Labute approximate surface area is 134 Å². The molecule has 1 fully saturated rings. The normalized spacial score (nSPS) is 17.0. The van der Waals surface area contributed by atoms with Gasteiger partial charge in [-0.2, -0.15) is 0 Å². The van der Waals surface area contributed by atoms with Gasteiger partial charge in [0.25, 0.3) is 0 Å². The Morgan fingerprint density at radius 1 is 1.14 bits per heavy atom. The average molecular weight is 321 g/mol. The predicted molar refractivity (Wildman–Crippen MR) is 85.6 cm³/mol. The average Bonchev–Trinajstić information content (AvgIpc) is 2.40. The maximum Gasteiger partial charge on any atom is 0.305 e. The number of nitrogens with one attached hydrogen (secondary N) is 1. The number of rotatable bonds is 7. The lowest BCUT2D eigenvalue weighted by Crippen LogP contribution is -2.58. The van der Waals surface area contributed by atoms with Crippen LogP contribution in [0.3, 0.4) is 0 Å². The molecule has 6 heteroatoms. The van der Waals surface area contributed by atoms with Crippen molar-refractivity contribution in [1.82, 2.24) is 10.2 Å². The standard InChI is InChI=1S/C15H28N2O3.ClH/c1-15(2)12-17(11-10-16-15)13(18)8-6-4-5-7-9-14(19)20-3;/h16H,4-12H2,1-3H3;1H. The summed E-state index contributed by atoms with van der Waals surface area (Å²) in [6, 6.07) is 0. The monoisotopic (exact) mass is 320 g/mol. The fourth-order valence-electron chi connectivity index (χ4n) is 2.51. The van der Waals surface area contributed by atoms with Crippen LogP contribution in [0.2, 0.25) is 0 Å². The van der Waals surface area contributed by atoms with E-state index in [1.54, 1.807) is 0 Å². The van der Waals surface area contributed by atoms with E-state index in [1.165, 1.54) is 7.11 Å². The number of amides is 1. The first-order valence-electron chi connectivity index (χ1n) is 7.54. The van der Waals surface area contributed by atoms with Gasteiger partial charge in [-0.15, -0.1) is 12.4 Å². The Hall–Kier alpha value is -0.810. The maximum absolute atomic E-state index is 12.1. The molecular formula is C15H29ClN2O3. The van der Waals surface area contributed by atoms with Crippen molar-refractivity contribution in [3.8, 4) is 0 Å². The summed E-state index contributed by atoms with van der Waals surface area (Å²) < 4.78 is 4.59. The number of esters is 1. The Kier molecular flexibility index (Phi) is 9.62. The molecule has 124 valence electrons. The predicted octanol–water partition coefficient (Wildman–Crippen LogP) is 2.13. The fraction of sp³-hybridized carbons (Fsp3) is 0.867. The highest BCUT2D eigenvalue weighted by molar-refractivity contribution is 5.85. The third kappa shape index (κ3) is 8.27. The number of methoxy groups -OCH3 is 1. The molecular weight excluding hydrogens is 292 g/mol.